The molecule has 1 rings (SSSR count). The smallest absolute Gasteiger partial charge is 0.471 e. The van der Waals surface area contributed by atoms with Crippen molar-refractivity contribution in [3.63, 3.8) is 0 Å². The molecule has 1 aromatic rings. The third kappa shape index (κ3) is 3.55. The molecule has 1 aromatic carbocycles. The lowest BCUT2D eigenvalue weighted by Crippen LogP contribution is -2.53. The van der Waals surface area contributed by atoms with Gasteiger partial charge in [-0.3, -0.25) is 4.79 Å². The normalized spacial score (nSPS) is 14.5. The van der Waals surface area contributed by atoms with Crippen LogP contribution in [-0.4, -0.2) is 23.2 Å². The highest BCUT2D eigenvalue weighted by Crippen LogP contribution is 2.29. The summed E-state index contributed by atoms with van der Waals surface area (Å²) in [5.41, 5.74) is -2.50. The van der Waals surface area contributed by atoms with Crippen LogP contribution in [0.15, 0.2) is 18.2 Å². The minimum atomic E-state index is -5.21. The molecule has 1 unspecified atom stereocenters. The first-order valence-corrected chi connectivity index (χ1v) is 5.81. The lowest BCUT2D eigenvalue weighted by atomic mass is 9.92. The molecule has 9 heteroatoms. The van der Waals surface area contributed by atoms with E-state index in [9.17, 15) is 22.8 Å². The van der Waals surface area contributed by atoms with Crippen LogP contribution in [0.3, 0.4) is 0 Å². The topological polar surface area (TPSA) is 66.4 Å². The van der Waals surface area contributed by atoms with E-state index in [2.05, 4.69) is 0 Å². The molecule has 0 spiro atoms. The van der Waals surface area contributed by atoms with Crippen molar-refractivity contribution < 1.29 is 27.9 Å². The summed E-state index contributed by atoms with van der Waals surface area (Å²) in [6.07, 6.45) is -5.21. The van der Waals surface area contributed by atoms with E-state index in [1.807, 2.05) is 0 Å². The Morgan fingerprint density at radius 2 is 1.60 bits per heavy atom. The predicted molar refractivity (Wildman–Crippen MR) is 65.6 cm³/mol. The van der Waals surface area contributed by atoms with Crippen LogP contribution < -0.4 is 5.32 Å². The summed E-state index contributed by atoms with van der Waals surface area (Å²) < 4.78 is 36.8. The second kappa shape index (κ2) is 5.49. The Balaban J connectivity index is 3.28. The summed E-state index contributed by atoms with van der Waals surface area (Å²) in [4.78, 5) is 22.2. The predicted octanol–water partition coefficient (Wildman–Crippen LogP) is 2.97. The van der Waals surface area contributed by atoms with Crippen molar-refractivity contribution in [3.8, 4) is 0 Å². The van der Waals surface area contributed by atoms with Gasteiger partial charge in [0.15, 0.2) is 5.54 Å². The van der Waals surface area contributed by atoms with Crippen LogP contribution in [0.5, 0.6) is 0 Å². The Hall–Kier alpha value is -1.47. The molecule has 2 N–H and O–H groups in total. The minimum absolute atomic E-state index is 0.0289. The zero-order chi connectivity index (χ0) is 15.7. The average molecular weight is 330 g/mol. The van der Waals surface area contributed by atoms with Gasteiger partial charge in [-0.1, -0.05) is 23.2 Å². The Bertz CT molecular complexity index is 542. The molecule has 4 nitrogen and oxygen atoms in total. The number of carboxylic acids is 1. The van der Waals surface area contributed by atoms with Crippen molar-refractivity contribution in [3.05, 3.63) is 33.8 Å². The van der Waals surface area contributed by atoms with Gasteiger partial charge in [0.25, 0.3) is 0 Å². The number of benzene rings is 1. The summed E-state index contributed by atoms with van der Waals surface area (Å²) in [6, 6.07) is 3.50. The summed E-state index contributed by atoms with van der Waals surface area (Å²) in [6.45, 7) is 0.904. The maximum atomic E-state index is 12.3. The minimum Gasteiger partial charge on any atom is -0.479 e. The number of aliphatic carboxylic acids is 1. The fraction of sp³-hybridized carbons (Fsp3) is 0.273. The number of halogens is 5. The number of hydrogen-bond donors (Lipinski definition) is 2. The third-order valence-corrected chi connectivity index (χ3v) is 2.93. The number of carboxylic acid groups (broad SMARTS) is 1. The van der Waals surface area contributed by atoms with Crippen LogP contribution in [0.1, 0.15) is 12.5 Å². The van der Waals surface area contributed by atoms with Crippen molar-refractivity contribution in [1.82, 2.24) is 5.32 Å². The van der Waals surface area contributed by atoms with Crippen molar-refractivity contribution >= 4 is 35.1 Å². The van der Waals surface area contributed by atoms with E-state index >= 15 is 0 Å². The van der Waals surface area contributed by atoms with Gasteiger partial charge in [-0.15, -0.1) is 0 Å². The molecule has 1 amide bonds. The van der Waals surface area contributed by atoms with Gasteiger partial charge >= 0.3 is 18.1 Å². The van der Waals surface area contributed by atoms with Crippen molar-refractivity contribution in [2.24, 2.45) is 0 Å². The van der Waals surface area contributed by atoms with E-state index in [-0.39, 0.29) is 15.6 Å². The molecule has 0 saturated heterocycles. The highest BCUT2D eigenvalue weighted by atomic mass is 35.5. The largest absolute Gasteiger partial charge is 0.479 e. The van der Waals surface area contributed by atoms with E-state index in [1.54, 1.807) is 0 Å². The highest BCUT2D eigenvalue weighted by Gasteiger charge is 2.46. The molecule has 0 radical (unpaired) electrons. The first-order chi connectivity index (χ1) is 8.96. The number of alkyl halides is 3. The standard InChI is InChI=1S/C11H8Cl2F3NO3/c1-10(9(19)20,17-8(18)11(14,15)16)5-2-6(12)4-7(13)3-5/h2-4H,1H3,(H,17,18)(H,19,20). The van der Waals surface area contributed by atoms with Crippen molar-refractivity contribution in [2.75, 3.05) is 0 Å². The van der Waals surface area contributed by atoms with Crippen LogP contribution in [0.25, 0.3) is 0 Å². The SMILES string of the molecule is CC(NC(=O)C(F)(F)F)(C(=O)O)c1cc(Cl)cc(Cl)c1. The number of amides is 1. The zero-order valence-corrected chi connectivity index (χ0v) is 11.4. The van der Waals surface area contributed by atoms with Gasteiger partial charge in [0.05, 0.1) is 0 Å². The molecular formula is C11H8Cl2F3NO3. The van der Waals surface area contributed by atoms with E-state index < -0.39 is 23.6 Å². The Morgan fingerprint density at radius 3 is 1.95 bits per heavy atom. The maximum Gasteiger partial charge on any atom is 0.471 e. The van der Waals surface area contributed by atoms with Crippen LogP contribution >= 0.6 is 23.2 Å². The Kier molecular flexibility index (Phi) is 4.55. The van der Waals surface area contributed by atoms with Gasteiger partial charge in [-0.2, -0.15) is 13.2 Å². The monoisotopic (exact) mass is 329 g/mol. The molecule has 0 heterocycles. The van der Waals surface area contributed by atoms with Gasteiger partial charge in [0, 0.05) is 10.0 Å². The van der Waals surface area contributed by atoms with Crippen molar-refractivity contribution in [1.29, 1.82) is 0 Å². The summed E-state index contributed by atoms with van der Waals surface area (Å²) in [5.74, 6) is -4.06. The van der Waals surface area contributed by atoms with Crippen LogP contribution in [0.4, 0.5) is 13.2 Å². The van der Waals surface area contributed by atoms with Gasteiger partial charge in [0.2, 0.25) is 0 Å². The zero-order valence-electron chi connectivity index (χ0n) is 9.89. The van der Waals surface area contributed by atoms with E-state index in [4.69, 9.17) is 28.3 Å². The molecule has 1 atom stereocenters. The molecule has 0 aliphatic rings. The Labute approximate surface area is 121 Å². The molecule has 0 aliphatic carbocycles. The van der Waals surface area contributed by atoms with Crippen LogP contribution in [0, 0.1) is 0 Å². The van der Waals surface area contributed by atoms with E-state index in [1.165, 1.54) is 11.4 Å². The van der Waals surface area contributed by atoms with Crippen molar-refractivity contribution in [2.45, 2.75) is 18.6 Å². The molecule has 110 valence electrons. The maximum absolute atomic E-state index is 12.3. The van der Waals surface area contributed by atoms with E-state index in [0.29, 0.717) is 0 Å². The fourth-order valence-electron chi connectivity index (χ4n) is 1.39. The molecule has 0 saturated carbocycles. The number of carbonyl (C=O) groups is 2. The van der Waals surface area contributed by atoms with Crippen LogP contribution in [-0.2, 0) is 15.1 Å². The molecular weight excluding hydrogens is 322 g/mol. The Morgan fingerprint density at radius 1 is 1.15 bits per heavy atom. The first-order valence-electron chi connectivity index (χ1n) is 5.06. The summed E-state index contributed by atoms with van der Waals surface area (Å²) in [7, 11) is 0. The van der Waals surface area contributed by atoms with Gasteiger partial charge in [-0.05, 0) is 30.7 Å². The molecule has 0 bridgehead atoms. The summed E-state index contributed by atoms with van der Waals surface area (Å²) in [5, 5.41) is 10.6. The van der Waals surface area contributed by atoms with Gasteiger partial charge in [0.1, 0.15) is 0 Å². The lowest BCUT2D eigenvalue weighted by molar-refractivity contribution is -0.177. The number of nitrogens with one attached hydrogen (secondary N) is 1. The number of carbonyl (C=O) groups excluding carboxylic acids is 1. The molecule has 0 aromatic heterocycles. The number of hydrogen-bond acceptors (Lipinski definition) is 2. The summed E-state index contributed by atoms with van der Waals surface area (Å²) >= 11 is 11.4. The van der Waals surface area contributed by atoms with Gasteiger partial charge in [-0.25, -0.2) is 4.79 Å². The highest BCUT2D eigenvalue weighted by molar-refractivity contribution is 6.34. The third-order valence-electron chi connectivity index (χ3n) is 2.49. The lowest BCUT2D eigenvalue weighted by Gasteiger charge is -2.27. The first kappa shape index (κ1) is 16.6. The molecule has 20 heavy (non-hydrogen) atoms. The second-order valence-electron chi connectivity index (χ2n) is 4.04. The number of rotatable bonds is 3. The van der Waals surface area contributed by atoms with E-state index in [0.717, 1.165) is 19.1 Å². The molecule has 0 fully saturated rings. The molecule has 0 aliphatic heterocycles. The fourth-order valence-corrected chi connectivity index (χ4v) is 1.92. The average Bonchev–Trinajstić information content (AvgIpc) is 2.25. The van der Waals surface area contributed by atoms with Crippen LogP contribution in [0.2, 0.25) is 10.0 Å². The quantitative estimate of drug-likeness (QED) is 0.895. The second-order valence-corrected chi connectivity index (χ2v) is 4.91. The van der Waals surface area contributed by atoms with Gasteiger partial charge < -0.3 is 10.4 Å².